The van der Waals surface area contributed by atoms with E-state index in [2.05, 4.69) is 33.9 Å². The molecule has 0 aromatic carbocycles. The van der Waals surface area contributed by atoms with Gasteiger partial charge in [-0.15, -0.1) is 0 Å². The van der Waals surface area contributed by atoms with Gasteiger partial charge in [0.2, 0.25) is 0 Å². The van der Waals surface area contributed by atoms with E-state index in [1.54, 1.807) is 0 Å². The van der Waals surface area contributed by atoms with Gasteiger partial charge in [-0.3, -0.25) is 0 Å². The lowest BCUT2D eigenvalue weighted by Gasteiger charge is -2.30. The predicted octanol–water partition coefficient (Wildman–Crippen LogP) is 2.59. The Balaban J connectivity index is 4.07. The molecule has 1 nitrogen and oxygen atoms in total. The summed E-state index contributed by atoms with van der Waals surface area (Å²) in [6.07, 6.45) is 1.24. The van der Waals surface area contributed by atoms with Crippen molar-refractivity contribution < 1.29 is 0 Å². The molecule has 2 heteroatoms. The molecule has 0 amide bonds. The Morgan fingerprint density at radius 1 is 1.30 bits per heavy atom. The highest BCUT2D eigenvalue weighted by Crippen LogP contribution is 2.28. The molecule has 62 valence electrons. The maximum Gasteiger partial charge on any atom is 0.120 e. The maximum atomic E-state index is 6.13. The van der Waals surface area contributed by atoms with Gasteiger partial charge in [0.05, 0.1) is 0 Å². The summed E-state index contributed by atoms with van der Waals surface area (Å²) in [7, 11) is -1.35. The second kappa shape index (κ2) is 3.53. The van der Waals surface area contributed by atoms with Crippen LogP contribution in [0.1, 0.15) is 27.2 Å². The zero-order valence-electron chi connectivity index (χ0n) is 7.94. The van der Waals surface area contributed by atoms with Crippen molar-refractivity contribution in [1.82, 2.24) is 0 Å². The Kier molecular flexibility index (Phi) is 3.60. The molecule has 0 saturated heterocycles. The van der Waals surface area contributed by atoms with Crippen LogP contribution in [0, 0.1) is 5.92 Å². The lowest BCUT2D eigenvalue weighted by Crippen LogP contribution is -2.45. The van der Waals surface area contributed by atoms with E-state index < -0.39 is 8.24 Å². The fraction of sp³-hybridized carbons (Fsp3) is 1.00. The number of hydrogen-bond acceptors (Lipinski definition) is 1. The molecule has 2 N–H and O–H groups in total. The second-order valence-electron chi connectivity index (χ2n) is 4.08. The Bertz CT molecular complexity index is 93.9. The van der Waals surface area contributed by atoms with Crippen molar-refractivity contribution in [2.45, 2.75) is 45.8 Å². The van der Waals surface area contributed by atoms with Crippen LogP contribution in [-0.4, -0.2) is 8.24 Å². The van der Waals surface area contributed by atoms with Crippen LogP contribution in [0.4, 0.5) is 0 Å². The smallest absolute Gasteiger partial charge is 0.120 e. The summed E-state index contributed by atoms with van der Waals surface area (Å²) in [5, 5.41) is 6.13. The summed E-state index contributed by atoms with van der Waals surface area (Å²) in [4.78, 5) is 0. The Morgan fingerprint density at radius 3 is 1.70 bits per heavy atom. The van der Waals surface area contributed by atoms with Gasteiger partial charge in [-0.1, -0.05) is 40.3 Å². The molecular formula is C8H21NSi. The van der Waals surface area contributed by atoms with E-state index in [0.29, 0.717) is 0 Å². The molecule has 0 aromatic heterocycles. The fourth-order valence-corrected chi connectivity index (χ4v) is 4.63. The molecule has 1 unspecified atom stereocenters. The summed E-state index contributed by atoms with van der Waals surface area (Å²) >= 11 is 0. The van der Waals surface area contributed by atoms with E-state index in [9.17, 15) is 0 Å². The maximum absolute atomic E-state index is 6.13. The van der Waals surface area contributed by atoms with Crippen molar-refractivity contribution in [3.63, 3.8) is 0 Å². The first kappa shape index (κ1) is 10.2. The van der Waals surface area contributed by atoms with Crippen molar-refractivity contribution in [2.24, 2.45) is 11.3 Å². The van der Waals surface area contributed by atoms with E-state index in [-0.39, 0.29) is 0 Å². The predicted molar refractivity (Wildman–Crippen MR) is 50.5 cm³/mol. The van der Waals surface area contributed by atoms with E-state index in [0.717, 1.165) is 11.5 Å². The third kappa shape index (κ3) is 2.84. The van der Waals surface area contributed by atoms with Crippen molar-refractivity contribution in [2.75, 3.05) is 0 Å². The van der Waals surface area contributed by atoms with E-state index in [4.69, 9.17) is 5.40 Å². The average molecular weight is 159 g/mol. The molecule has 0 rings (SSSR count). The quantitative estimate of drug-likeness (QED) is 0.629. The van der Waals surface area contributed by atoms with Gasteiger partial charge in [-0.2, -0.15) is 0 Å². The van der Waals surface area contributed by atoms with Crippen LogP contribution in [0.25, 0.3) is 0 Å². The van der Waals surface area contributed by atoms with Crippen LogP contribution in [0.3, 0.4) is 0 Å². The van der Waals surface area contributed by atoms with E-state index in [1.165, 1.54) is 6.42 Å². The monoisotopic (exact) mass is 159 g/mol. The topological polar surface area (TPSA) is 26.0 Å². The average Bonchev–Trinajstić information content (AvgIpc) is 1.60. The zero-order chi connectivity index (χ0) is 8.36. The highest BCUT2D eigenvalue weighted by Gasteiger charge is 2.28. The minimum Gasteiger partial charge on any atom is -0.351 e. The highest BCUT2D eigenvalue weighted by atomic mass is 28.3. The molecule has 0 aromatic rings. The Hall–Kier alpha value is 0.177. The lowest BCUT2D eigenvalue weighted by molar-refractivity contribution is 0.555. The molecule has 0 heterocycles. The number of rotatable bonds is 3. The van der Waals surface area contributed by atoms with Gasteiger partial charge in [0.25, 0.3) is 0 Å². The van der Waals surface area contributed by atoms with Gasteiger partial charge >= 0.3 is 0 Å². The second-order valence-corrected chi connectivity index (χ2v) is 8.46. The van der Waals surface area contributed by atoms with Gasteiger partial charge in [0.15, 0.2) is 0 Å². The van der Waals surface area contributed by atoms with E-state index in [1.807, 2.05) is 0 Å². The summed E-state index contributed by atoms with van der Waals surface area (Å²) in [5.41, 5.74) is 0.785. The standard InChI is InChI=1S/C8H21NSi/c1-6-8(7(2)3)10(4,5)9/h7-8H,6,9H2,1-5H3. The highest BCUT2D eigenvalue weighted by molar-refractivity contribution is 6.75. The molecule has 0 aliphatic heterocycles. The van der Waals surface area contributed by atoms with Gasteiger partial charge in [-0.05, 0) is 11.5 Å². The molecule has 0 spiro atoms. The Labute approximate surface area is 66.1 Å². The number of hydrogen-bond donors (Lipinski definition) is 1. The van der Waals surface area contributed by atoms with Crippen LogP contribution in [-0.2, 0) is 0 Å². The Morgan fingerprint density at radius 2 is 1.70 bits per heavy atom. The first-order valence-corrected chi connectivity index (χ1v) is 7.34. The van der Waals surface area contributed by atoms with Crippen LogP contribution >= 0.6 is 0 Å². The number of nitrogens with two attached hydrogens (primary N) is 1. The van der Waals surface area contributed by atoms with Gasteiger partial charge in [-0.25, -0.2) is 0 Å². The summed E-state index contributed by atoms with van der Waals surface area (Å²) in [6.45, 7) is 11.3. The summed E-state index contributed by atoms with van der Waals surface area (Å²) in [6, 6.07) is 0. The zero-order valence-corrected chi connectivity index (χ0v) is 8.94. The minimum atomic E-state index is -1.35. The molecule has 0 bridgehead atoms. The lowest BCUT2D eigenvalue weighted by atomic mass is 10.1. The van der Waals surface area contributed by atoms with Gasteiger partial charge in [0, 0.05) is 0 Å². The van der Waals surface area contributed by atoms with Crippen molar-refractivity contribution in [3.05, 3.63) is 0 Å². The van der Waals surface area contributed by atoms with Crippen molar-refractivity contribution in [3.8, 4) is 0 Å². The van der Waals surface area contributed by atoms with Crippen LogP contribution in [0.15, 0.2) is 0 Å². The minimum absolute atomic E-state index is 0.761. The third-order valence-electron chi connectivity index (χ3n) is 2.20. The van der Waals surface area contributed by atoms with Crippen molar-refractivity contribution >= 4 is 8.24 Å². The largest absolute Gasteiger partial charge is 0.351 e. The SMILES string of the molecule is CCC(C(C)C)[Si](C)(C)N. The first-order valence-electron chi connectivity index (χ1n) is 4.18. The van der Waals surface area contributed by atoms with Gasteiger partial charge < -0.3 is 5.40 Å². The molecule has 0 fully saturated rings. The molecule has 0 saturated carbocycles. The van der Waals surface area contributed by atoms with E-state index >= 15 is 0 Å². The third-order valence-corrected chi connectivity index (χ3v) is 5.19. The van der Waals surface area contributed by atoms with Crippen molar-refractivity contribution in [1.29, 1.82) is 0 Å². The fourth-order valence-electron chi connectivity index (χ4n) is 1.86. The summed E-state index contributed by atoms with van der Waals surface area (Å²) in [5.74, 6) is 0.761. The normalized spacial score (nSPS) is 15.9. The molecule has 0 radical (unpaired) electrons. The molecular weight excluding hydrogens is 138 g/mol. The molecule has 1 atom stereocenters. The molecule has 0 aliphatic carbocycles. The van der Waals surface area contributed by atoms with Crippen LogP contribution in [0.2, 0.25) is 18.6 Å². The summed E-state index contributed by atoms with van der Waals surface area (Å²) < 4.78 is 0. The van der Waals surface area contributed by atoms with Crippen LogP contribution < -0.4 is 5.40 Å². The van der Waals surface area contributed by atoms with Gasteiger partial charge in [0.1, 0.15) is 8.24 Å². The molecule has 0 aliphatic rings. The first-order chi connectivity index (χ1) is 4.39. The van der Waals surface area contributed by atoms with Crippen LogP contribution in [0.5, 0.6) is 0 Å². The molecule has 10 heavy (non-hydrogen) atoms.